The van der Waals surface area contributed by atoms with Gasteiger partial charge in [0.1, 0.15) is 11.6 Å². The number of hydrogen-bond acceptors (Lipinski definition) is 2. The molecule has 1 aliphatic rings. The second-order valence-corrected chi connectivity index (χ2v) is 4.16. The molecule has 1 aromatic rings. The number of hydrogen-bond donors (Lipinski definition) is 2. The van der Waals surface area contributed by atoms with E-state index in [0.717, 1.165) is 37.6 Å². The molecule has 0 saturated carbocycles. The average molecular weight is 240 g/mol. The van der Waals surface area contributed by atoms with Crippen molar-refractivity contribution in [3.63, 3.8) is 0 Å². The summed E-state index contributed by atoms with van der Waals surface area (Å²) in [6, 6.07) is 3.01. The lowest BCUT2D eigenvalue weighted by Crippen LogP contribution is -2.37. The summed E-state index contributed by atoms with van der Waals surface area (Å²) >= 11 is 0. The van der Waals surface area contributed by atoms with Crippen LogP contribution in [-0.2, 0) is 4.79 Å². The zero-order chi connectivity index (χ0) is 12.3. The Morgan fingerprint density at radius 2 is 2.24 bits per heavy atom. The molecule has 0 spiro atoms. The van der Waals surface area contributed by atoms with Crippen LogP contribution in [0.5, 0.6) is 0 Å². The molecule has 1 atom stereocenters. The number of nitrogens with one attached hydrogen (secondary N) is 2. The van der Waals surface area contributed by atoms with E-state index in [-0.39, 0.29) is 17.5 Å². The van der Waals surface area contributed by atoms with Crippen LogP contribution in [-0.4, -0.2) is 19.0 Å². The number of benzene rings is 1. The van der Waals surface area contributed by atoms with Crippen molar-refractivity contribution in [3.05, 3.63) is 29.8 Å². The number of rotatable bonds is 2. The minimum atomic E-state index is -0.622. The van der Waals surface area contributed by atoms with Crippen molar-refractivity contribution in [1.82, 2.24) is 5.32 Å². The maximum absolute atomic E-state index is 13.3. The quantitative estimate of drug-likeness (QED) is 0.829. The number of carbonyl (C=O) groups excluding carboxylic acids is 1. The number of piperidine rings is 1. The Bertz CT molecular complexity index is 417. The van der Waals surface area contributed by atoms with E-state index in [1.807, 2.05) is 0 Å². The molecule has 92 valence electrons. The fourth-order valence-electron chi connectivity index (χ4n) is 1.90. The molecule has 0 radical (unpaired) electrons. The van der Waals surface area contributed by atoms with Gasteiger partial charge in [-0.2, -0.15) is 0 Å². The lowest BCUT2D eigenvalue weighted by atomic mass is 9.99. The molecular weight excluding hydrogens is 226 g/mol. The molecule has 1 aromatic carbocycles. The molecule has 1 heterocycles. The molecule has 5 heteroatoms. The lowest BCUT2D eigenvalue weighted by Gasteiger charge is -2.21. The predicted molar refractivity (Wildman–Crippen MR) is 60.6 cm³/mol. The molecule has 0 aliphatic carbocycles. The largest absolute Gasteiger partial charge is 0.323 e. The summed E-state index contributed by atoms with van der Waals surface area (Å²) in [5.74, 6) is -1.62. The molecule has 2 rings (SSSR count). The first kappa shape index (κ1) is 12.0. The molecule has 1 saturated heterocycles. The third kappa shape index (κ3) is 3.00. The summed E-state index contributed by atoms with van der Waals surface area (Å²) in [4.78, 5) is 11.8. The Morgan fingerprint density at radius 3 is 2.94 bits per heavy atom. The molecule has 0 bridgehead atoms. The Kier molecular flexibility index (Phi) is 3.68. The van der Waals surface area contributed by atoms with Crippen molar-refractivity contribution in [1.29, 1.82) is 0 Å². The van der Waals surface area contributed by atoms with Gasteiger partial charge in [-0.25, -0.2) is 8.78 Å². The van der Waals surface area contributed by atoms with Gasteiger partial charge in [0.25, 0.3) is 0 Å². The van der Waals surface area contributed by atoms with Crippen molar-refractivity contribution >= 4 is 11.6 Å². The molecule has 2 N–H and O–H groups in total. The number of halogens is 2. The number of anilines is 1. The van der Waals surface area contributed by atoms with E-state index in [9.17, 15) is 13.6 Å². The van der Waals surface area contributed by atoms with Gasteiger partial charge < -0.3 is 10.6 Å². The topological polar surface area (TPSA) is 41.1 Å². The lowest BCUT2D eigenvalue weighted by molar-refractivity contribution is -0.120. The van der Waals surface area contributed by atoms with Crippen LogP contribution in [0.15, 0.2) is 18.2 Å². The number of carbonyl (C=O) groups is 1. The van der Waals surface area contributed by atoms with E-state index < -0.39 is 11.6 Å². The first-order chi connectivity index (χ1) is 8.16. The molecule has 17 heavy (non-hydrogen) atoms. The first-order valence-electron chi connectivity index (χ1n) is 5.63. The maximum atomic E-state index is 13.3. The molecular formula is C12H14F2N2O. The maximum Gasteiger partial charge on any atom is 0.228 e. The highest BCUT2D eigenvalue weighted by Crippen LogP contribution is 2.18. The fourth-order valence-corrected chi connectivity index (χ4v) is 1.90. The van der Waals surface area contributed by atoms with Crippen molar-refractivity contribution in [2.75, 3.05) is 18.4 Å². The summed E-state index contributed by atoms with van der Waals surface area (Å²) < 4.78 is 26.2. The van der Waals surface area contributed by atoms with Gasteiger partial charge in [0.2, 0.25) is 5.91 Å². The standard InChI is InChI=1S/C12H14F2N2O/c13-9-3-4-10(14)11(6-9)16-12(17)8-2-1-5-15-7-8/h3-4,6,8,15H,1-2,5,7H2,(H,16,17). The van der Waals surface area contributed by atoms with E-state index in [2.05, 4.69) is 10.6 Å². The van der Waals surface area contributed by atoms with Crippen LogP contribution in [0, 0.1) is 17.6 Å². The molecule has 0 aromatic heterocycles. The van der Waals surface area contributed by atoms with Crippen molar-refractivity contribution in [2.45, 2.75) is 12.8 Å². The molecule has 1 amide bonds. The molecule has 1 aliphatic heterocycles. The summed E-state index contributed by atoms with van der Waals surface area (Å²) in [7, 11) is 0. The van der Waals surface area contributed by atoms with Crippen LogP contribution in [0.2, 0.25) is 0 Å². The smallest absolute Gasteiger partial charge is 0.228 e. The van der Waals surface area contributed by atoms with Crippen LogP contribution in [0.4, 0.5) is 14.5 Å². The highest BCUT2D eigenvalue weighted by Gasteiger charge is 2.21. The molecule has 1 unspecified atom stereocenters. The van der Waals surface area contributed by atoms with Crippen molar-refractivity contribution < 1.29 is 13.6 Å². The van der Waals surface area contributed by atoms with Crippen LogP contribution in [0.25, 0.3) is 0 Å². The fraction of sp³-hybridized carbons (Fsp3) is 0.417. The summed E-state index contributed by atoms with van der Waals surface area (Å²) in [6.07, 6.45) is 1.69. The van der Waals surface area contributed by atoms with Crippen LogP contribution >= 0.6 is 0 Å². The second kappa shape index (κ2) is 5.23. The third-order valence-electron chi connectivity index (χ3n) is 2.85. The third-order valence-corrected chi connectivity index (χ3v) is 2.85. The van der Waals surface area contributed by atoms with Gasteiger partial charge in [0, 0.05) is 12.6 Å². The summed E-state index contributed by atoms with van der Waals surface area (Å²) in [5.41, 5.74) is -0.0967. The van der Waals surface area contributed by atoms with Gasteiger partial charge in [-0.15, -0.1) is 0 Å². The normalized spacial score (nSPS) is 20.0. The van der Waals surface area contributed by atoms with Crippen LogP contribution in [0.3, 0.4) is 0 Å². The minimum absolute atomic E-state index is 0.0967. The Morgan fingerprint density at radius 1 is 1.41 bits per heavy atom. The van der Waals surface area contributed by atoms with Crippen molar-refractivity contribution in [3.8, 4) is 0 Å². The molecule has 1 fully saturated rings. The van der Waals surface area contributed by atoms with E-state index in [0.29, 0.717) is 6.54 Å². The van der Waals surface area contributed by atoms with Crippen molar-refractivity contribution in [2.24, 2.45) is 5.92 Å². The van der Waals surface area contributed by atoms with Gasteiger partial charge in [-0.1, -0.05) is 0 Å². The van der Waals surface area contributed by atoms with Gasteiger partial charge >= 0.3 is 0 Å². The van der Waals surface area contributed by atoms with Gasteiger partial charge in [-0.3, -0.25) is 4.79 Å². The van der Waals surface area contributed by atoms with Crippen LogP contribution < -0.4 is 10.6 Å². The highest BCUT2D eigenvalue weighted by molar-refractivity contribution is 5.92. The Hall–Kier alpha value is -1.49. The van der Waals surface area contributed by atoms with E-state index >= 15 is 0 Å². The van der Waals surface area contributed by atoms with Gasteiger partial charge in [0.05, 0.1) is 11.6 Å². The minimum Gasteiger partial charge on any atom is -0.323 e. The van der Waals surface area contributed by atoms with E-state index in [1.54, 1.807) is 0 Å². The average Bonchev–Trinajstić information content (AvgIpc) is 2.35. The highest BCUT2D eigenvalue weighted by atomic mass is 19.1. The van der Waals surface area contributed by atoms with Crippen LogP contribution in [0.1, 0.15) is 12.8 Å². The van der Waals surface area contributed by atoms with Gasteiger partial charge in [0.15, 0.2) is 0 Å². The summed E-state index contributed by atoms with van der Waals surface area (Å²) in [6.45, 7) is 1.49. The number of amides is 1. The zero-order valence-electron chi connectivity index (χ0n) is 9.30. The first-order valence-corrected chi connectivity index (χ1v) is 5.63. The van der Waals surface area contributed by atoms with Gasteiger partial charge in [-0.05, 0) is 31.5 Å². The summed E-state index contributed by atoms with van der Waals surface area (Å²) in [5, 5.41) is 5.53. The Labute approximate surface area is 98.2 Å². The predicted octanol–water partition coefficient (Wildman–Crippen LogP) is 1.90. The monoisotopic (exact) mass is 240 g/mol. The molecule has 3 nitrogen and oxygen atoms in total. The SMILES string of the molecule is O=C(Nc1cc(F)ccc1F)C1CCCNC1. The second-order valence-electron chi connectivity index (χ2n) is 4.16. The Balaban J connectivity index is 2.04. The zero-order valence-corrected chi connectivity index (χ0v) is 9.30. The van der Waals surface area contributed by atoms with E-state index in [1.165, 1.54) is 0 Å². The van der Waals surface area contributed by atoms with E-state index in [4.69, 9.17) is 0 Å².